The second-order valence-electron chi connectivity index (χ2n) is 30.5. The fraction of sp³-hybridized carbons (Fsp3) is 0.753. The highest BCUT2D eigenvalue weighted by Gasteiger charge is 2.57. The van der Waals surface area contributed by atoms with E-state index in [4.69, 9.17) is 43.6 Å². The maximum absolute atomic E-state index is 13.9. The third-order valence-corrected chi connectivity index (χ3v) is 20.3. The van der Waals surface area contributed by atoms with Crippen LogP contribution in [0.5, 0.6) is 0 Å². The second kappa shape index (κ2) is 52.3. The third-order valence-electron chi connectivity index (χ3n) is 20.3. The summed E-state index contributed by atoms with van der Waals surface area (Å²) in [5.74, 6) is -21.3. The van der Waals surface area contributed by atoms with Crippen LogP contribution in [0.4, 0.5) is 0 Å². The smallest absolute Gasteiger partial charge is 0.326 e. The van der Waals surface area contributed by atoms with Crippen LogP contribution in [0.25, 0.3) is 0 Å². The van der Waals surface area contributed by atoms with E-state index in [2.05, 4.69) is 63.8 Å². The van der Waals surface area contributed by atoms with Crippen molar-refractivity contribution in [1.82, 2.24) is 69.1 Å². The number of fused-ring (bicyclic) bond motifs is 2. The van der Waals surface area contributed by atoms with Crippen molar-refractivity contribution in [3.8, 4) is 0 Å². The molecule has 54 heteroatoms. The molecule has 720 valence electrons. The summed E-state index contributed by atoms with van der Waals surface area (Å²) in [5.41, 5.74) is 5.65. The molecule has 4 heterocycles. The molecule has 30 atom stereocenters. The van der Waals surface area contributed by atoms with E-state index in [9.17, 15) is 158 Å². The number of carboxylic acid groups (broad SMARTS) is 5. The fourth-order valence-electron chi connectivity index (χ4n) is 13.5. The lowest BCUT2D eigenvalue weighted by Crippen LogP contribution is -2.68. The minimum atomic E-state index is -2.07. The number of aliphatic hydroxyl groups is 9. The predicted octanol–water partition coefficient (Wildman–Crippen LogP) is -14.0. The van der Waals surface area contributed by atoms with Crippen LogP contribution in [0.15, 0.2) is 0 Å². The van der Waals surface area contributed by atoms with E-state index in [0.717, 1.165) is 55.4 Å². The molecule has 54 nitrogen and oxygen atoms in total. The molecule has 0 saturated carbocycles. The maximum Gasteiger partial charge on any atom is 0.326 e. The van der Waals surface area contributed by atoms with Crippen molar-refractivity contribution in [1.29, 1.82) is 0 Å². The first-order valence-corrected chi connectivity index (χ1v) is 40.2. The lowest BCUT2D eigenvalue weighted by atomic mass is 9.95. The zero-order chi connectivity index (χ0) is 95.9. The molecule has 4 aliphatic heterocycles. The summed E-state index contributed by atoms with van der Waals surface area (Å²) in [6.45, 7) is 4.64. The van der Waals surface area contributed by atoms with E-state index in [1.54, 1.807) is 0 Å². The molecule has 0 aromatic carbocycles. The van der Waals surface area contributed by atoms with Crippen molar-refractivity contribution in [3.05, 3.63) is 0 Å². The molecular weight excluding hydrogens is 1710 g/mol. The molecule has 4 saturated heterocycles. The molecule has 13 amide bonds. The summed E-state index contributed by atoms with van der Waals surface area (Å²) >= 11 is 0. The Labute approximate surface area is 723 Å². The molecule has 2 bridgehead atoms. The van der Waals surface area contributed by atoms with Gasteiger partial charge in [0.25, 0.3) is 0 Å². The van der Waals surface area contributed by atoms with Crippen LogP contribution in [-0.4, -0.2) is 401 Å². The van der Waals surface area contributed by atoms with Gasteiger partial charge in [-0.1, -0.05) is 0 Å². The Balaban J connectivity index is 1.39. The van der Waals surface area contributed by atoms with E-state index < -0.39 is 367 Å². The largest absolute Gasteiger partial charge is 0.480 e. The molecule has 0 aromatic heterocycles. The van der Waals surface area contributed by atoms with Gasteiger partial charge in [0.1, 0.15) is 165 Å². The molecule has 4 rings (SSSR count). The SMILES string of the molecule is CC(=O)NC(CO)C(OC(C)C(=O)NC(C)C(=O)NC(CCC(=O)NC(CCCC(N)C(=O)O)C(=O)NC(C)C(=O)NC(CCCC(NC(=O)CCC(NC(=O)C(C)NC(=O)C(C)OC1C(NC(C)=O)C2OCC(O2)C1OC1OC(CO)C(O)C(O)C1NC(C)=O)C(=O)O)C(=O)NCC(=O)O)C(=O)O)C(=O)O)C(OC1OC(CO)C(O)C(O)C1NC(C)=O)C(O)CO. The van der Waals surface area contributed by atoms with Gasteiger partial charge in [0.15, 0.2) is 18.9 Å². The minimum Gasteiger partial charge on any atom is -0.480 e. The standard InChI is InChI=1S/C73H118N14O40/c1-26(76-63(108)29(4)121-56(41(21-88)79-31(6)92)57(42(96)22-89)126-72-49(80-32(7)93)54(103)52(101)43(23-90)123-72)60(105)87-40(70(118)119)17-19-47(98)84-37(13-10-12-35(74)67(112)113)66(111)78-28(3)62(107)85-38(68(114)115)15-11-14-36(65(110)75-20-48(99)100)83-46(97)18-16-39(69(116)117)86-61(106)27(2)77-64(109)30(5)122-59-51(82-34(9)95)71-120-25-45(125-71)58(59)127-73-50(81-33(8)94)55(104)53(102)44(24-91)124-73/h26-30,35-45,49-59,71-73,88-91,96,101-104H,10-25,74H2,1-9H3,(H,75,110)(H,76,108)(H,77,109)(H,78,111)(H,79,92)(H,80,93)(H,81,94)(H,82,95)(H,83,97)(H,84,98)(H,85,107)(H,86,106)(H,87,105)(H,99,100)(H,112,113)(H,114,115)(H,116,117)(H,118,119). The van der Waals surface area contributed by atoms with Crippen molar-refractivity contribution in [3.63, 3.8) is 0 Å². The highest BCUT2D eigenvalue weighted by Crippen LogP contribution is 2.36. The fourth-order valence-corrected chi connectivity index (χ4v) is 13.5. The Bertz CT molecular complexity index is 3800. The highest BCUT2D eigenvalue weighted by molar-refractivity contribution is 5.95. The molecule has 127 heavy (non-hydrogen) atoms. The zero-order valence-corrected chi connectivity index (χ0v) is 70.6. The number of rotatable bonds is 54. The summed E-state index contributed by atoms with van der Waals surface area (Å²) in [5, 5.41) is 173. The van der Waals surface area contributed by atoms with E-state index in [1.807, 2.05) is 5.32 Å². The van der Waals surface area contributed by atoms with Gasteiger partial charge < -0.3 is 184 Å². The lowest BCUT2D eigenvalue weighted by Gasteiger charge is -2.47. The topological polar surface area (TPSA) is 847 Å². The summed E-state index contributed by atoms with van der Waals surface area (Å²) < 4.78 is 47.2. The van der Waals surface area contributed by atoms with E-state index in [-0.39, 0.29) is 25.9 Å². The van der Waals surface area contributed by atoms with Crippen molar-refractivity contribution in [2.75, 3.05) is 39.6 Å². The summed E-state index contributed by atoms with van der Waals surface area (Å²) in [6.07, 6.45) is -33.5. The number of amides is 13. The van der Waals surface area contributed by atoms with Gasteiger partial charge in [-0.05, 0) is 86.0 Å². The van der Waals surface area contributed by atoms with Crippen LogP contribution in [-0.2, 0) is 124 Å². The van der Waals surface area contributed by atoms with Gasteiger partial charge in [-0.15, -0.1) is 0 Å². The van der Waals surface area contributed by atoms with Crippen molar-refractivity contribution in [2.45, 2.75) is 309 Å². The second-order valence-corrected chi connectivity index (χ2v) is 30.5. The van der Waals surface area contributed by atoms with E-state index in [0.29, 0.717) is 0 Å². The average Bonchev–Trinajstić information content (AvgIpc) is 1.64. The average molecular weight is 1830 g/mol. The van der Waals surface area contributed by atoms with Crippen molar-refractivity contribution >= 4 is 107 Å². The van der Waals surface area contributed by atoms with Crippen LogP contribution >= 0.6 is 0 Å². The number of aliphatic hydroxyl groups excluding tert-OH is 9. The van der Waals surface area contributed by atoms with Crippen LogP contribution in [0.1, 0.15) is 127 Å². The summed E-state index contributed by atoms with van der Waals surface area (Å²) in [6, 6.07) is -21.4. The first-order chi connectivity index (χ1) is 59.5. The minimum absolute atomic E-state index is 0.195. The molecule has 0 aromatic rings. The van der Waals surface area contributed by atoms with Gasteiger partial charge in [-0.25, -0.2) is 14.4 Å². The number of nitrogens with one attached hydrogen (secondary N) is 13. The van der Waals surface area contributed by atoms with E-state index in [1.165, 1.54) is 6.92 Å². The molecule has 4 fully saturated rings. The Morgan fingerprint density at radius 3 is 1.28 bits per heavy atom. The van der Waals surface area contributed by atoms with Gasteiger partial charge in [-0.2, -0.15) is 0 Å². The normalized spacial score (nSPS) is 26.1. The Kier molecular flexibility index (Phi) is 44.9. The monoisotopic (exact) mass is 1830 g/mol. The number of hydrogen-bond donors (Lipinski definition) is 28. The van der Waals surface area contributed by atoms with E-state index >= 15 is 0 Å². The molecule has 4 aliphatic rings. The molecule has 29 N–H and O–H groups in total. The number of hydrogen-bond acceptors (Lipinski definition) is 36. The van der Waals surface area contributed by atoms with Gasteiger partial charge in [0, 0.05) is 40.5 Å². The highest BCUT2D eigenvalue weighted by atomic mass is 16.8. The van der Waals surface area contributed by atoms with Crippen LogP contribution in [0.2, 0.25) is 0 Å². The number of ether oxygens (including phenoxy) is 8. The lowest BCUT2D eigenvalue weighted by molar-refractivity contribution is -0.313. The Morgan fingerprint density at radius 1 is 0.425 bits per heavy atom. The Hall–Kier alpha value is -10.3. The quantitative estimate of drug-likeness (QED) is 0.0269. The van der Waals surface area contributed by atoms with Crippen LogP contribution in [0, 0.1) is 0 Å². The molecule has 0 radical (unpaired) electrons. The van der Waals surface area contributed by atoms with Crippen LogP contribution in [0.3, 0.4) is 0 Å². The third kappa shape index (κ3) is 34.0. The summed E-state index contributed by atoms with van der Waals surface area (Å²) in [4.78, 5) is 232. The molecular formula is C73H118N14O40. The van der Waals surface area contributed by atoms with Gasteiger partial charge in [-0.3, -0.25) is 71.9 Å². The van der Waals surface area contributed by atoms with Gasteiger partial charge in [0.2, 0.25) is 76.8 Å². The van der Waals surface area contributed by atoms with Crippen molar-refractivity contribution < 1.29 is 196 Å². The number of carboxylic acids is 5. The molecule has 30 unspecified atom stereocenters. The van der Waals surface area contributed by atoms with Crippen LogP contribution < -0.4 is 74.9 Å². The molecule has 0 aliphatic carbocycles. The Morgan fingerprint density at radius 2 is 0.850 bits per heavy atom. The first-order valence-electron chi connectivity index (χ1n) is 40.2. The number of carbonyl (C=O) groups excluding carboxylic acids is 13. The summed E-state index contributed by atoms with van der Waals surface area (Å²) in [7, 11) is 0. The van der Waals surface area contributed by atoms with Crippen molar-refractivity contribution in [2.24, 2.45) is 5.73 Å². The first kappa shape index (κ1) is 109. The molecule has 0 spiro atoms. The van der Waals surface area contributed by atoms with Gasteiger partial charge in [0.05, 0.1) is 39.1 Å². The predicted molar refractivity (Wildman–Crippen MR) is 417 cm³/mol. The maximum atomic E-state index is 13.9. The van der Waals surface area contributed by atoms with Gasteiger partial charge >= 0.3 is 29.8 Å². The number of aliphatic carboxylic acids is 5. The zero-order valence-electron chi connectivity index (χ0n) is 70.6. The number of nitrogens with two attached hydrogens (primary N) is 1. The number of carbonyl (C=O) groups is 18.